The van der Waals surface area contributed by atoms with Gasteiger partial charge in [-0.15, -0.1) is 0 Å². The summed E-state index contributed by atoms with van der Waals surface area (Å²) in [5.41, 5.74) is 1.16. The summed E-state index contributed by atoms with van der Waals surface area (Å²) >= 11 is 0. The number of carbonyl (C=O) groups is 1. The first-order valence-corrected chi connectivity index (χ1v) is 7.37. The predicted molar refractivity (Wildman–Crippen MR) is 81.4 cm³/mol. The number of hydrogen-bond donors (Lipinski definition) is 2. The molecular weight excluding hydrogens is 270 g/mol. The maximum atomic E-state index is 11.5. The molecule has 5 heteroatoms. The highest BCUT2D eigenvalue weighted by Gasteiger charge is 2.01. The Hall–Kier alpha value is -1.59. The van der Waals surface area contributed by atoms with Crippen LogP contribution in [0.4, 0.5) is 0 Å². The van der Waals surface area contributed by atoms with Crippen LogP contribution in [0.5, 0.6) is 5.75 Å². The van der Waals surface area contributed by atoms with Gasteiger partial charge in [0, 0.05) is 19.6 Å². The van der Waals surface area contributed by atoms with Gasteiger partial charge in [0.15, 0.2) is 0 Å². The molecule has 0 aliphatic heterocycles. The minimum absolute atomic E-state index is 0.0324. The second-order valence-electron chi connectivity index (χ2n) is 4.81. The molecule has 2 N–H and O–H groups in total. The third-order valence-corrected chi connectivity index (χ3v) is 2.83. The lowest BCUT2D eigenvalue weighted by atomic mass is 10.2. The fourth-order valence-electron chi connectivity index (χ4n) is 1.78. The minimum Gasteiger partial charge on any atom is -0.494 e. The first-order valence-electron chi connectivity index (χ1n) is 7.37. The van der Waals surface area contributed by atoms with Crippen LogP contribution < -0.4 is 10.1 Å². The molecule has 1 amide bonds. The number of benzene rings is 1. The van der Waals surface area contributed by atoms with Crippen molar-refractivity contribution < 1.29 is 19.4 Å². The van der Waals surface area contributed by atoms with Gasteiger partial charge in [0.1, 0.15) is 5.75 Å². The smallest absolute Gasteiger partial charge is 0.220 e. The SMILES string of the molecule is Cc1cccc(OCCCC(=O)NCCCOCCO)c1. The van der Waals surface area contributed by atoms with Crippen LogP contribution >= 0.6 is 0 Å². The molecule has 0 saturated heterocycles. The van der Waals surface area contributed by atoms with E-state index in [4.69, 9.17) is 14.6 Å². The maximum absolute atomic E-state index is 11.5. The van der Waals surface area contributed by atoms with Crippen LogP contribution in [-0.4, -0.2) is 44.0 Å². The molecule has 0 radical (unpaired) electrons. The molecule has 21 heavy (non-hydrogen) atoms. The standard InChI is InChI=1S/C16H25NO4/c1-14-5-2-6-15(13-14)21-11-3-7-16(19)17-8-4-10-20-12-9-18/h2,5-6,13,18H,3-4,7-12H2,1H3,(H,17,19). The quantitative estimate of drug-likeness (QED) is 0.609. The molecule has 5 nitrogen and oxygen atoms in total. The fraction of sp³-hybridized carbons (Fsp3) is 0.562. The van der Waals surface area contributed by atoms with Crippen LogP contribution in [0.15, 0.2) is 24.3 Å². The molecule has 1 aromatic carbocycles. The van der Waals surface area contributed by atoms with Crippen LogP contribution in [0, 0.1) is 6.92 Å². The Balaban J connectivity index is 1.98. The predicted octanol–water partition coefficient (Wildman–Crippen LogP) is 1.67. The molecule has 0 heterocycles. The van der Waals surface area contributed by atoms with Gasteiger partial charge in [-0.1, -0.05) is 12.1 Å². The summed E-state index contributed by atoms with van der Waals surface area (Å²) in [4.78, 5) is 11.5. The largest absolute Gasteiger partial charge is 0.494 e. The number of rotatable bonds is 11. The third kappa shape index (κ3) is 9.05. The fourth-order valence-corrected chi connectivity index (χ4v) is 1.78. The summed E-state index contributed by atoms with van der Waals surface area (Å²) in [6.45, 7) is 4.10. The first-order chi connectivity index (χ1) is 10.2. The van der Waals surface area contributed by atoms with Gasteiger partial charge in [-0.2, -0.15) is 0 Å². The van der Waals surface area contributed by atoms with Crippen molar-refractivity contribution in [1.29, 1.82) is 0 Å². The molecule has 0 fully saturated rings. The lowest BCUT2D eigenvalue weighted by Gasteiger charge is -2.07. The van der Waals surface area contributed by atoms with E-state index in [0.717, 1.165) is 17.7 Å². The summed E-state index contributed by atoms with van der Waals surface area (Å²) < 4.78 is 10.7. The van der Waals surface area contributed by atoms with Crippen molar-refractivity contribution in [2.24, 2.45) is 0 Å². The van der Waals surface area contributed by atoms with Crippen LogP contribution in [-0.2, 0) is 9.53 Å². The lowest BCUT2D eigenvalue weighted by Crippen LogP contribution is -2.25. The van der Waals surface area contributed by atoms with Crippen molar-refractivity contribution in [2.45, 2.75) is 26.2 Å². The number of ether oxygens (including phenoxy) is 2. The van der Waals surface area contributed by atoms with Crippen LogP contribution in [0.3, 0.4) is 0 Å². The van der Waals surface area contributed by atoms with Crippen LogP contribution in [0.25, 0.3) is 0 Å². The van der Waals surface area contributed by atoms with Gasteiger partial charge in [0.2, 0.25) is 5.91 Å². The number of amides is 1. The first kappa shape index (κ1) is 17.5. The molecule has 1 aromatic rings. The Bertz CT molecular complexity index is 409. The molecule has 0 aliphatic rings. The Kier molecular flexibility index (Phi) is 9.24. The monoisotopic (exact) mass is 295 g/mol. The van der Waals surface area contributed by atoms with Gasteiger partial charge < -0.3 is 19.9 Å². The van der Waals surface area contributed by atoms with E-state index in [9.17, 15) is 4.79 Å². The molecule has 0 bridgehead atoms. The normalized spacial score (nSPS) is 10.4. The highest BCUT2D eigenvalue weighted by atomic mass is 16.5. The Labute approximate surface area is 126 Å². The Morgan fingerprint density at radius 3 is 2.86 bits per heavy atom. The molecular formula is C16H25NO4. The lowest BCUT2D eigenvalue weighted by molar-refractivity contribution is -0.121. The van der Waals surface area contributed by atoms with E-state index in [1.807, 2.05) is 31.2 Å². The zero-order valence-corrected chi connectivity index (χ0v) is 12.6. The van der Waals surface area contributed by atoms with Gasteiger partial charge in [0.25, 0.3) is 0 Å². The molecule has 0 spiro atoms. The number of aliphatic hydroxyl groups excluding tert-OH is 1. The van der Waals surface area contributed by atoms with E-state index in [1.54, 1.807) is 0 Å². The van der Waals surface area contributed by atoms with Crippen LogP contribution in [0.2, 0.25) is 0 Å². The van der Waals surface area contributed by atoms with E-state index in [-0.39, 0.29) is 12.5 Å². The second kappa shape index (κ2) is 11.1. The van der Waals surface area contributed by atoms with E-state index in [0.29, 0.717) is 39.2 Å². The number of nitrogens with one attached hydrogen (secondary N) is 1. The summed E-state index contributed by atoms with van der Waals surface area (Å²) in [5, 5.41) is 11.4. The van der Waals surface area contributed by atoms with Crippen molar-refractivity contribution in [1.82, 2.24) is 5.32 Å². The Morgan fingerprint density at radius 2 is 2.10 bits per heavy atom. The zero-order valence-electron chi connectivity index (χ0n) is 12.6. The summed E-state index contributed by atoms with van der Waals surface area (Å²) in [5.74, 6) is 0.876. The number of hydrogen-bond acceptors (Lipinski definition) is 4. The molecule has 118 valence electrons. The third-order valence-electron chi connectivity index (χ3n) is 2.83. The van der Waals surface area contributed by atoms with E-state index < -0.39 is 0 Å². The molecule has 0 aromatic heterocycles. The zero-order chi connectivity index (χ0) is 15.3. The van der Waals surface area contributed by atoms with Crippen LogP contribution in [0.1, 0.15) is 24.8 Å². The number of aliphatic hydroxyl groups is 1. The van der Waals surface area contributed by atoms with Gasteiger partial charge in [0.05, 0.1) is 19.8 Å². The second-order valence-corrected chi connectivity index (χ2v) is 4.81. The average molecular weight is 295 g/mol. The van der Waals surface area contributed by atoms with Crippen molar-refractivity contribution in [2.75, 3.05) is 33.0 Å². The topological polar surface area (TPSA) is 67.8 Å². The van der Waals surface area contributed by atoms with Crippen molar-refractivity contribution in [3.8, 4) is 5.75 Å². The molecule has 0 unspecified atom stereocenters. The molecule has 0 aliphatic carbocycles. The van der Waals surface area contributed by atoms with E-state index in [2.05, 4.69) is 5.32 Å². The van der Waals surface area contributed by atoms with Gasteiger partial charge >= 0.3 is 0 Å². The highest BCUT2D eigenvalue weighted by Crippen LogP contribution is 2.12. The van der Waals surface area contributed by atoms with Gasteiger partial charge in [-0.3, -0.25) is 4.79 Å². The average Bonchev–Trinajstić information content (AvgIpc) is 2.47. The maximum Gasteiger partial charge on any atom is 0.220 e. The van der Waals surface area contributed by atoms with Gasteiger partial charge in [-0.05, 0) is 37.5 Å². The number of aryl methyl sites for hydroxylation is 1. The van der Waals surface area contributed by atoms with E-state index >= 15 is 0 Å². The van der Waals surface area contributed by atoms with Crippen molar-refractivity contribution in [3.05, 3.63) is 29.8 Å². The molecule has 1 rings (SSSR count). The van der Waals surface area contributed by atoms with Gasteiger partial charge in [-0.25, -0.2) is 0 Å². The summed E-state index contributed by atoms with van der Waals surface area (Å²) in [7, 11) is 0. The highest BCUT2D eigenvalue weighted by molar-refractivity contribution is 5.75. The molecule has 0 saturated carbocycles. The Morgan fingerprint density at radius 1 is 1.24 bits per heavy atom. The van der Waals surface area contributed by atoms with Crippen molar-refractivity contribution in [3.63, 3.8) is 0 Å². The minimum atomic E-state index is 0.0324. The summed E-state index contributed by atoms with van der Waals surface area (Å²) in [6, 6.07) is 7.87. The van der Waals surface area contributed by atoms with Crippen molar-refractivity contribution >= 4 is 5.91 Å². The number of carbonyl (C=O) groups excluding carboxylic acids is 1. The van der Waals surface area contributed by atoms with E-state index in [1.165, 1.54) is 0 Å². The summed E-state index contributed by atoms with van der Waals surface area (Å²) in [6.07, 6.45) is 1.91. The molecule has 0 atom stereocenters.